The lowest BCUT2D eigenvalue weighted by atomic mass is 10.0. The van der Waals surface area contributed by atoms with Gasteiger partial charge in [-0.1, -0.05) is 6.92 Å². The molecule has 0 spiro atoms. The molecule has 4 N–H and O–H groups in total. The van der Waals surface area contributed by atoms with Crippen molar-refractivity contribution in [3.05, 3.63) is 16.7 Å². The first kappa shape index (κ1) is 13.1. The number of nitrogen functional groups attached to an aromatic ring is 1. The molecule has 1 unspecified atom stereocenters. The standard InChI is InChI=1S/C12H17N5O3/c1-6-2-7(4-18)20-8(6)3-17-5-14-9-10(17)15-12(13)16-11(9)19/h5-8,18H,2-4H2,1H3,(H3,13,15,16,19)/t6?,7-,8-/m0/s1. The number of imidazole rings is 1. The second kappa shape index (κ2) is 4.88. The summed E-state index contributed by atoms with van der Waals surface area (Å²) < 4.78 is 7.53. The van der Waals surface area contributed by atoms with Crippen LogP contribution in [-0.2, 0) is 11.3 Å². The Labute approximate surface area is 114 Å². The SMILES string of the molecule is CC1C[C@@H](CO)O[C@H]1Cn1cnc2c(=O)[nH]c(N)nc21. The number of aliphatic hydroxyl groups is 1. The quantitative estimate of drug-likeness (QED) is 0.696. The molecule has 3 rings (SSSR count). The van der Waals surface area contributed by atoms with E-state index in [4.69, 9.17) is 15.6 Å². The summed E-state index contributed by atoms with van der Waals surface area (Å²) in [6.07, 6.45) is 2.23. The fourth-order valence-electron chi connectivity index (χ4n) is 2.64. The summed E-state index contributed by atoms with van der Waals surface area (Å²) in [6, 6.07) is 0. The number of hydrogen-bond donors (Lipinski definition) is 3. The third-order valence-corrected chi connectivity index (χ3v) is 3.71. The molecule has 0 saturated carbocycles. The van der Waals surface area contributed by atoms with Gasteiger partial charge in [-0.05, 0) is 12.3 Å². The Hall–Kier alpha value is -1.93. The summed E-state index contributed by atoms with van der Waals surface area (Å²) in [7, 11) is 0. The van der Waals surface area contributed by atoms with Gasteiger partial charge in [-0.25, -0.2) is 4.98 Å². The van der Waals surface area contributed by atoms with Crippen molar-refractivity contribution in [1.82, 2.24) is 19.5 Å². The van der Waals surface area contributed by atoms with Crippen LogP contribution in [-0.4, -0.2) is 43.4 Å². The Morgan fingerprint density at radius 2 is 2.45 bits per heavy atom. The van der Waals surface area contributed by atoms with E-state index in [1.165, 1.54) is 0 Å². The lowest BCUT2D eigenvalue weighted by Gasteiger charge is -2.16. The zero-order valence-corrected chi connectivity index (χ0v) is 11.1. The van der Waals surface area contributed by atoms with Crippen LogP contribution in [0.5, 0.6) is 0 Å². The average Bonchev–Trinajstić information content (AvgIpc) is 2.95. The second-order valence-corrected chi connectivity index (χ2v) is 5.21. The molecule has 2 aromatic rings. The van der Waals surface area contributed by atoms with E-state index in [0.29, 0.717) is 18.1 Å². The van der Waals surface area contributed by atoms with Crippen molar-refractivity contribution in [2.75, 3.05) is 12.3 Å². The topological polar surface area (TPSA) is 119 Å². The number of aliphatic hydroxyl groups excluding tert-OH is 1. The first-order valence-corrected chi connectivity index (χ1v) is 6.55. The van der Waals surface area contributed by atoms with E-state index < -0.39 is 0 Å². The van der Waals surface area contributed by atoms with E-state index in [0.717, 1.165) is 6.42 Å². The predicted molar refractivity (Wildman–Crippen MR) is 72.1 cm³/mol. The number of aromatic amines is 1. The van der Waals surface area contributed by atoms with Gasteiger partial charge in [0.2, 0.25) is 5.95 Å². The van der Waals surface area contributed by atoms with Crippen LogP contribution in [0.15, 0.2) is 11.1 Å². The van der Waals surface area contributed by atoms with Gasteiger partial charge in [0.1, 0.15) is 0 Å². The summed E-state index contributed by atoms with van der Waals surface area (Å²) in [5, 5.41) is 9.15. The maximum absolute atomic E-state index is 11.7. The zero-order valence-electron chi connectivity index (χ0n) is 11.1. The minimum Gasteiger partial charge on any atom is -0.394 e. The summed E-state index contributed by atoms with van der Waals surface area (Å²) in [6.45, 7) is 2.63. The van der Waals surface area contributed by atoms with Gasteiger partial charge in [0.15, 0.2) is 11.2 Å². The van der Waals surface area contributed by atoms with Gasteiger partial charge >= 0.3 is 0 Å². The predicted octanol–water partition coefficient (Wildman–Crippen LogP) is -0.512. The molecule has 2 aromatic heterocycles. The number of nitrogens with one attached hydrogen (secondary N) is 1. The van der Waals surface area contributed by atoms with Gasteiger partial charge in [0.25, 0.3) is 5.56 Å². The number of nitrogens with zero attached hydrogens (tertiary/aromatic N) is 3. The maximum atomic E-state index is 11.7. The monoisotopic (exact) mass is 279 g/mol. The Bertz CT molecular complexity index is 679. The molecule has 1 aliphatic rings. The second-order valence-electron chi connectivity index (χ2n) is 5.21. The number of anilines is 1. The minimum atomic E-state index is -0.347. The lowest BCUT2D eigenvalue weighted by Crippen LogP contribution is -2.22. The molecule has 8 nitrogen and oxygen atoms in total. The third kappa shape index (κ3) is 2.16. The van der Waals surface area contributed by atoms with Gasteiger partial charge in [-0.3, -0.25) is 9.78 Å². The number of rotatable bonds is 3. The fraction of sp³-hybridized carbons (Fsp3) is 0.583. The Morgan fingerprint density at radius 3 is 3.15 bits per heavy atom. The van der Waals surface area contributed by atoms with Crippen LogP contribution < -0.4 is 11.3 Å². The lowest BCUT2D eigenvalue weighted by molar-refractivity contribution is -0.000777. The van der Waals surface area contributed by atoms with Crippen LogP contribution in [0, 0.1) is 5.92 Å². The van der Waals surface area contributed by atoms with Crippen LogP contribution in [0.1, 0.15) is 13.3 Å². The van der Waals surface area contributed by atoms with Gasteiger partial charge in [0, 0.05) is 0 Å². The summed E-state index contributed by atoms with van der Waals surface area (Å²) >= 11 is 0. The van der Waals surface area contributed by atoms with Crippen molar-refractivity contribution in [2.45, 2.75) is 32.1 Å². The van der Waals surface area contributed by atoms with Gasteiger partial charge in [-0.2, -0.15) is 4.98 Å². The number of nitrogens with two attached hydrogens (primary N) is 1. The molecule has 1 fully saturated rings. The minimum absolute atomic E-state index is 0.0242. The molecular weight excluding hydrogens is 262 g/mol. The smallest absolute Gasteiger partial charge is 0.280 e. The van der Waals surface area contributed by atoms with E-state index in [9.17, 15) is 4.79 Å². The molecule has 0 radical (unpaired) electrons. The molecule has 1 aliphatic heterocycles. The molecule has 3 atom stereocenters. The maximum Gasteiger partial charge on any atom is 0.280 e. The number of hydrogen-bond acceptors (Lipinski definition) is 6. The zero-order chi connectivity index (χ0) is 14.3. The molecule has 0 amide bonds. The first-order chi connectivity index (χ1) is 9.58. The van der Waals surface area contributed by atoms with Gasteiger partial charge in [-0.15, -0.1) is 0 Å². The van der Waals surface area contributed by atoms with Gasteiger partial charge < -0.3 is 20.1 Å². The van der Waals surface area contributed by atoms with E-state index >= 15 is 0 Å². The van der Waals surface area contributed by atoms with E-state index in [-0.39, 0.29) is 35.8 Å². The van der Waals surface area contributed by atoms with Crippen LogP contribution in [0.25, 0.3) is 11.2 Å². The van der Waals surface area contributed by atoms with Crippen LogP contribution in [0.4, 0.5) is 5.95 Å². The van der Waals surface area contributed by atoms with Gasteiger partial charge in [0.05, 0.1) is 31.7 Å². The van der Waals surface area contributed by atoms with E-state index in [1.807, 2.05) is 0 Å². The highest BCUT2D eigenvalue weighted by atomic mass is 16.5. The van der Waals surface area contributed by atoms with Crippen LogP contribution >= 0.6 is 0 Å². The van der Waals surface area contributed by atoms with Crippen molar-refractivity contribution in [2.24, 2.45) is 5.92 Å². The molecule has 3 heterocycles. The number of H-pyrrole nitrogens is 1. The van der Waals surface area contributed by atoms with Crippen molar-refractivity contribution in [3.63, 3.8) is 0 Å². The third-order valence-electron chi connectivity index (χ3n) is 3.71. The van der Waals surface area contributed by atoms with Crippen LogP contribution in [0.2, 0.25) is 0 Å². The molecule has 108 valence electrons. The molecule has 0 aromatic carbocycles. The summed E-state index contributed by atoms with van der Waals surface area (Å²) in [4.78, 5) is 22.3. The van der Waals surface area contributed by atoms with E-state index in [1.54, 1.807) is 10.9 Å². The largest absolute Gasteiger partial charge is 0.394 e. The molecule has 0 bridgehead atoms. The Morgan fingerprint density at radius 1 is 1.65 bits per heavy atom. The number of aromatic nitrogens is 4. The van der Waals surface area contributed by atoms with Crippen molar-refractivity contribution < 1.29 is 9.84 Å². The summed E-state index contributed by atoms with van der Waals surface area (Å²) in [5.41, 5.74) is 5.93. The van der Waals surface area contributed by atoms with Crippen molar-refractivity contribution >= 4 is 17.1 Å². The normalized spacial score (nSPS) is 26.4. The first-order valence-electron chi connectivity index (χ1n) is 6.55. The molecule has 8 heteroatoms. The Balaban J connectivity index is 1.90. The fourth-order valence-corrected chi connectivity index (χ4v) is 2.64. The average molecular weight is 279 g/mol. The molecule has 0 aliphatic carbocycles. The highest BCUT2D eigenvalue weighted by molar-refractivity contribution is 5.70. The van der Waals surface area contributed by atoms with Crippen LogP contribution in [0.3, 0.4) is 0 Å². The highest BCUT2D eigenvalue weighted by Gasteiger charge is 2.32. The number of ether oxygens (including phenoxy) is 1. The van der Waals surface area contributed by atoms with E-state index in [2.05, 4.69) is 21.9 Å². The molecule has 20 heavy (non-hydrogen) atoms. The van der Waals surface area contributed by atoms with Crippen molar-refractivity contribution in [1.29, 1.82) is 0 Å². The number of fused-ring (bicyclic) bond motifs is 1. The molecule has 1 saturated heterocycles. The molecular formula is C12H17N5O3. The highest BCUT2D eigenvalue weighted by Crippen LogP contribution is 2.27. The summed E-state index contributed by atoms with van der Waals surface area (Å²) in [5.74, 6) is 0.391. The Kier molecular flexibility index (Phi) is 3.19. The van der Waals surface area contributed by atoms with Crippen molar-refractivity contribution in [3.8, 4) is 0 Å².